The van der Waals surface area contributed by atoms with Gasteiger partial charge in [-0.25, -0.2) is 4.39 Å². The first-order valence-corrected chi connectivity index (χ1v) is 6.47. The van der Waals surface area contributed by atoms with Gasteiger partial charge in [-0.2, -0.15) is 0 Å². The van der Waals surface area contributed by atoms with E-state index in [1.165, 1.54) is 18.9 Å². The molecule has 0 aromatic heterocycles. The van der Waals surface area contributed by atoms with E-state index in [0.717, 1.165) is 18.9 Å². The molecule has 17 heavy (non-hydrogen) atoms. The number of benzene rings is 1. The van der Waals surface area contributed by atoms with Gasteiger partial charge >= 0.3 is 0 Å². The molecule has 1 unspecified atom stereocenters. The van der Waals surface area contributed by atoms with E-state index in [-0.39, 0.29) is 11.9 Å². The highest BCUT2D eigenvalue weighted by Gasteiger charge is 2.22. The van der Waals surface area contributed by atoms with Gasteiger partial charge in [-0.15, -0.1) is 0 Å². The number of nitrogens with two attached hydrogens (primary N) is 1. The predicted molar refractivity (Wildman–Crippen MR) is 68.5 cm³/mol. The number of rotatable bonds is 6. The maximum atomic E-state index is 13.7. The largest absolute Gasteiger partial charge is 0.329 e. The van der Waals surface area contributed by atoms with Gasteiger partial charge in [0.25, 0.3) is 0 Å². The normalized spacial score (nSPS) is 17.1. The molecule has 1 fully saturated rings. The summed E-state index contributed by atoms with van der Waals surface area (Å²) in [4.78, 5) is 0. The van der Waals surface area contributed by atoms with Gasteiger partial charge in [0.2, 0.25) is 0 Å². The van der Waals surface area contributed by atoms with Crippen LogP contribution in [0.4, 0.5) is 4.39 Å². The third kappa shape index (κ3) is 3.41. The van der Waals surface area contributed by atoms with Gasteiger partial charge in [-0.3, -0.25) is 0 Å². The molecule has 0 radical (unpaired) electrons. The molecule has 0 spiro atoms. The lowest BCUT2D eigenvalue weighted by Gasteiger charge is -2.19. The lowest BCUT2D eigenvalue weighted by molar-refractivity contribution is 0.491. The Labute approximate surface area is 106 Å². The minimum Gasteiger partial charge on any atom is -0.329 e. The SMILES string of the molecule is NCC(NCCC1CC1)c1c(F)cccc1Cl. The molecule has 0 saturated heterocycles. The van der Waals surface area contributed by atoms with E-state index >= 15 is 0 Å². The van der Waals surface area contributed by atoms with Gasteiger partial charge in [-0.05, 0) is 31.0 Å². The molecular formula is C13H18ClFN2. The van der Waals surface area contributed by atoms with Crippen molar-refractivity contribution in [1.29, 1.82) is 0 Å². The van der Waals surface area contributed by atoms with Crippen LogP contribution in [0.1, 0.15) is 30.9 Å². The van der Waals surface area contributed by atoms with Crippen LogP contribution in [0.2, 0.25) is 5.02 Å². The topological polar surface area (TPSA) is 38.0 Å². The molecule has 0 aliphatic heterocycles. The van der Waals surface area contributed by atoms with Crippen LogP contribution < -0.4 is 11.1 Å². The summed E-state index contributed by atoms with van der Waals surface area (Å²) in [6.07, 6.45) is 3.80. The van der Waals surface area contributed by atoms with Crippen molar-refractivity contribution >= 4 is 11.6 Å². The van der Waals surface area contributed by atoms with Gasteiger partial charge in [-0.1, -0.05) is 30.5 Å². The molecule has 1 atom stereocenters. The lowest BCUT2D eigenvalue weighted by atomic mass is 10.1. The van der Waals surface area contributed by atoms with Crippen molar-refractivity contribution in [1.82, 2.24) is 5.32 Å². The van der Waals surface area contributed by atoms with Crippen molar-refractivity contribution in [2.75, 3.05) is 13.1 Å². The first kappa shape index (κ1) is 12.8. The third-order valence-electron chi connectivity index (χ3n) is 3.22. The number of hydrogen-bond acceptors (Lipinski definition) is 2. The summed E-state index contributed by atoms with van der Waals surface area (Å²) in [6.45, 7) is 1.22. The van der Waals surface area contributed by atoms with Crippen molar-refractivity contribution in [2.45, 2.75) is 25.3 Å². The van der Waals surface area contributed by atoms with E-state index in [9.17, 15) is 4.39 Å². The van der Waals surface area contributed by atoms with Crippen LogP contribution in [0.5, 0.6) is 0 Å². The van der Waals surface area contributed by atoms with Crippen molar-refractivity contribution in [3.63, 3.8) is 0 Å². The second kappa shape index (κ2) is 5.80. The van der Waals surface area contributed by atoms with Gasteiger partial charge in [0.1, 0.15) is 5.82 Å². The predicted octanol–water partition coefficient (Wildman–Crippen LogP) is 2.87. The number of hydrogen-bond donors (Lipinski definition) is 2. The minimum absolute atomic E-state index is 0.192. The maximum Gasteiger partial charge on any atom is 0.129 e. The molecule has 94 valence electrons. The highest BCUT2D eigenvalue weighted by atomic mass is 35.5. The Morgan fingerprint density at radius 2 is 2.24 bits per heavy atom. The Morgan fingerprint density at radius 1 is 1.47 bits per heavy atom. The second-order valence-corrected chi connectivity index (χ2v) is 5.02. The quantitative estimate of drug-likeness (QED) is 0.821. The van der Waals surface area contributed by atoms with Crippen molar-refractivity contribution in [3.8, 4) is 0 Å². The van der Waals surface area contributed by atoms with Crippen molar-refractivity contribution in [3.05, 3.63) is 34.6 Å². The molecule has 0 bridgehead atoms. The maximum absolute atomic E-state index is 13.7. The van der Waals surface area contributed by atoms with Crippen molar-refractivity contribution < 1.29 is 4.39 Å². The average Bonchev–Trinajstić information content (AvgIpc) is 3.10. The van der Waals surface area contributed by atoms with Crippen LogP contribution in [0.25, 0.3) is 0 Å². The summed E-state index contributed by atoms with van der Waals surface area (Å²) in [7, 11) is 0. The molecule has 3 N–H and O–H groups in total. The first-order valence-electron chi connectivity index (χ1n) is 6.09. The summed E-state index contributed by atoms with van der Waals surface area (Å²) < 4.78 is 13.7. The van der Waals surface area contributed by atoms with E-state index in [0.29, 0.717) is 17.1 Å². The second-order valence-electron chi connectivity index (χ2n) is 4.61. The molecule has 2 rings (SSSR count). The molecule has 1 aromatic rings. The van der Waals surface area contributed by atoms with E-state index in [1.54, 1.807) is 12.1 Å². The summed E-state index contributed by atoms with van der Waals surface area (Å²) in [5, 5.41) is 3.73. The number of nitrogens with one attached hydrogen (secondary N) is 1. The summed E-state index contributed by atoms with van der Waals surface area (Å²) in [6, 6.07) is 4.54. The van der Waals surface area contributed by atoms with Gasteiger partial charge in [0.15, 0.2) is 0 Å². The van der Waals surface area contributed by atoms with Gasteiger partial charge in [0.05, 0.1) is 0 Å². The molecule has 2 nitrogen and oxygen atoms in total. The average molecular weight is 257 g/mol. The monoisotopic (exact) mass is 256 g/mol. The van der Waals surface area contributed by atoms with E-state index in [2.05, 4.69) is 5.32 Å². The smallest absolute Gasteiger partial charge is 0.129 e. The molecule has 1 aliphatic rings. The number of halogens is 2. The molecule has 4 heteroatoms. The van der Waals surface area contributed by atoms with E-state index < -0.39 is 0 Å². The van der Waals surface area contributed by atoms with Crippen LogP contribution in [0, 0.1) is 11.7 Å². The fraction of sp³-hybridized carbons (Fsp3) is 0.538. The highest BCUT2D eigenvalue weighted by molar-refractivity contribution is 6.31. The summed E-state index contributed by atoms with van der Waals surface area (Å²) in [5.41, 5.74) is 6.18. The van der Waals surface area contributed by atoms with Crippen LogP contribution in [-0.2, 0) is 0 Å². The Kier molecular flexibility index (Phi) is 4.37. The molecule has 1 aromatic carbocycles. The zero-order chi connectivity index (χ0) is 12.3. The molecule has 1 saturated carbocycles. The van der Waals surface area contributed by atoms with Crippen LogP contribution in [0.15, 0.2) is 18.2 Å². The molecule has 0 heterocycles. The third-order valence-corrected chi connectivity index (χ3v) is 3.55. The fourth-order valence-electron chi connectivity index (χ4n) is 2.02. The Hall–Kier alpha value is -0.640. The van der Waals surface area contributed by atoms with Crippen LogP contribution in [-0.4, -0.2) is 13.1 Å². The van der Waals surface area contributed by atoms with Crippen LogP contribution >= 0.6 is 11.6 Å². The summed E-state index contributed by atoms with van der Waals surface area (Å²) in [5.74, 6) is 0.573. The molecule has 0 amide bonds. The first-order chi connectivity index (χ1) is 8.22. The summed E-state index contributed by atoms with van der Waals surface area (Å²) >= 11 is 6.02. The van der Waals surface area contributed by atoms with Gasteiger partial charge in [0, 0.05) is 23.2 Å². The van der Waals surface area contributed by atoms with Gasteiger partial charge < -0.3 is 11.1 Å². The standard InChI is InChI=1S/C13H18ClFN2/c14-10-2-1-3-11(15)13(10)12(8-16)17-7-6-9-4-5-9/h1-3,9,12,17H,4-8,16H2. The zero-order valence-corrected chi connectivity index (χ0v) is 10.5. The highest BCUT2D eigenvalue weighted by Crippen LogP contribution is 2.32. The zero-order valence-electron chi connectivity index (χ0n) is 9.76. The van der Waals surface area contributed by atoms with Crippen molar-refractivity contribution in [2.24, 2.45) is 11.7 Å². The Bertz CT molecular complexity index is 359. The minimum atomic E-state index is -0.285. The van der Waals surface area contributed by atoms with E-state index in [1.807, 2.05) is 0 Å². The van der Waals surface area contributed by atoms with Crippen LogP contribution in [0.3, 0.4) is 0 Å². The Balaban J connectivity index is 1.99. The lowest BCUT2D eigenvalue weighted by Crippen LogP contribution is -2.30. The molecular weight excluding hydrogens is 239 g/mol. The Morgan fingerprint density at radius 3 is 2.82 bits per heavy atom. The van der Waals surface area contributed by atoms with E-state index in [4.69, 9.17) is 17.3 Å². The molecule has 1 aliphatic carbocycles. The fourth-order valence-corrected chi connectivity index (χ4v) is 2.31.